The van der Waals surface area contributed by atoms with Gasteiger partial charge in [-0.25, -0.2) is 9.78 Å². The minimum atomic E-state index is -0.425. The standard InChI is InChI=1S/C13H14N2O3/c16-13(15-9-4-1-2-5-9)18-11-7-3-6-10-12(11)17-8-14-10/h3,6-9H,1-2,4-5H2,(H,15,16). The van der Waals surface area contributed by atoms with Crippen molar-refractivity contribution in [2.75, 3.05) is 0 Å². The van der Waals surface area contributed by atoms with Crippen LogP contribution in [0.4, 0.5) is 4.79 Å². The number of benzene rings is 1. The Morgan fingerprint density at radius 3 is 3.06 bits per heavy atom. The van der Waals surface area contributed by atoms with Crippen molar-refractivity contribution in [3.8, 4) is 5.75 Å². The molecular weight excluding hydrogens is 232 g/mol. The number of fused-ring (bicyclic) bond motifs is 1. The zero-order chi connectivity index (χ0) is 12.4. The van der Waals surface area contributed by atoms with Crippen LogP contribution in [0.5, 0.6) is 5.75 Å². The van der Waals surface area contributed by atoms with E-state index in [2.05, 4.69) is 10.3 Å². The summed E-state index contributed by atoms with van der Waals surface area (Å²) in [4.78, 5) is 15.8. The Kier molecular flexibility index (Phi) is 2.88. The minimum Gasteiger partial charge on any atom is -0.440 e. The minimum absolute atomic E-state index is 0.242. The van der Waals surface area contributed by atoms with Gasteiger partial charge in [-0.2, -0.15) is 0 Å². The molecule has 1 fully saturated rings. The zero-order valence-corrected chi connectivity index (χ0v) is 9.89. The second kappa shape index (κ2) is 4.68. The van der Waals surface area contributed by atoms with Crippen molar-refractivity contribution >= 4 is 17.2 Å². The first-order valence-corrected chi connectivity index (χ1v) is 6.13. The van der Waals surface area contributed by atoms with Crippen LogP contribution in [0, 0.1) is 0 Å². The quantitative estimate of drug-likeness (QED) is 0.884. The van der Waals surface area contributed by atoms with Gasteiger partial charge in [0.05, 0.1) is 0 Å². The maximum Gasteiger partial charge on any atom is 0.412 e. The number of hydrogen-bond donors (Lipinski definition) is 1. The Labute approximate surface area is 104 Å². The van der Waals surface area contributed by atoms with Crippen LogP contribution in [0.15, 0.2) is 29.0 Å². The molecule has 5 nitrogen and oxygen atoms in total. The van der Waals surface area contributed by atoms with Crippen LogP contribution >= 0.6 is 0 Å². The van der Waals surface area contributed by atoms with E-state index in [1.165, 1.54) is 19.2 Å². The fourth-order valence-electron chi connectivity index (χ4n) is 2.31. The molecule has 1 aliphatic rings. The molecule has 0 bridgehead atoms. The summed E-state index contributed by atoms with van der Waals surface area (Å²) in [6.07, 6.45) is 5.31. The van der Waals surface area contributed by atoms with Gasteiger partial charge in [0.25, 0.3) is 0 Å². The molecule has 0 radical (unpaired) electrons. The predicted molar refractivity (Wildman–Crippen MR) is 65.4 cm³/mol. The van der Waals surface area contributed by atoms with Gasteiger partial charge in [0.15, 0.2) is 17.7 Å². The van der Waals surface area contributed by atoms with Crippen LogP contribution in [0.3, 0.4) is 0 Å². The highest BCUT2D eigenvalue weighted by Crippen LogP contribution is 2.25. The molecule has 3 rings (SSSR count). The summed E-state index contributed by atoms with van der Waals surface area (Å²) < 4.78 is 10.5. The average molecular weight is 246 g/mol. The van der Waals surface area contributed by atoms with Crippen LogP contribution in [-0.2, 0) is 0 Å². The first-order valence-electron chi connectivity index (χ1n) is 6.13. The van der Waals surface area contributed by atoms with Gasteiger partial charge in [0.1, 0.15) is 5.52 Å². The predicted octanol–water partition coefficient (Wildman–Crippen LogP) is 2.86. The number of carbonyl (C=O) groups excluding carboxylic acids is 1. The van der Waals surface area contributed by atoms with Crippen molar-refractivity contribution in [3.05, 3.63) is 24.6 Å². The van der Waals surface area contributed by atoms with E-state index in [9.17, 15) is 4.79 Å². The maximum absolute atomic E-state index is 11.7. The molecule has 1 heterocycles. The molecule has 1 aliphatic carbocycles. The van der Waals surface area contributed by atoms with Gasteiger partial charge < -0.3 is 14.5 Å². The number of ether oxygens (including phenoxy) is 1. The number of rotatable bonds is 2. The number of aromatic nitrogens is 1. The van der Waals surface area contributed by atoms with E-state index in [4.69, 9.17) is 9.15 Å². The molecule has 1 amide bonds. The van der Waals surface area contributed by atoms with Crippen molar-refractivity contribution in [3.63, 3.8) is 0 Å². The summed E-state index contributed by atoms with van der Waals surface area (Å²) in [6, 6.07) is 5.53. The zero-order valence-electron chi connectivity index (χ0n) is 9.89. The van der Waals surface area contributed by atoms with E-state index in [-0.39, 0.29) is 6.04 Å². The van der Waals surface area contributed by atoms with E-state index in [0.717, 1.165) is 12.8 Å². The lowest BCUT2D eigenvalue weighted by Gasteiger charge is -2.11. The van der Waals surface area contributed by atoms with Gasteiger partial charge in [-0.3, -0.25) is 0 Å². The normalized spacial score (nSPS) is 16.0. The summed E-state index contributed by atoms with van der Waals surface area (Å²) >= 11 is 0. The van der Waals surface area contributed by atoms with Gasteiger partial charge >= 0.3 is 6.09 Å². The van der Waals surface area contributed by atoms with Crippen LogP contribution in [-0.4, -0.2) is 17.1 Å². The van der Waals surface area contributed by atoms with Crippen molar-refractivity contribution in [2.45, 2.75) is 31.7 Å². The Hall–Kier alpha value is -2.04. The molecule has 0 aliphatic heterocycles. The fraction of sp³-hybridized carbons (Fsp3) is 0.385. The Morgan fingerprint density at radius 2 is 2.22 bits per heavy atom. The lowest BCUT2D eigenvalue weighted by Crippen LogP contribution is -2.34. The molecule has 94 valence electrons. The third-order valence-corrected chi connectivity index (χ3v) is 3.20. The Bertz CT molecular complexity index is 558. The first-order chi connectivity index (χ1) is 8.83. The third kappa shape index (κ3) is 2.16. The molecule has 0 saturated heterocycles. The van der Waals surface area contributed by atoms with Crippen molar-refractivity contribution in [1.29, 1.82) is 0 Å². The van der Waals surface area contributed by atoms with E-state index >= 15 is 0 Å². The molecule has 0 spiro atoms. The van der Waals surface area contributed by atoms with Crippen LogP contribution in [0.1, 0.15) is 25.7 Å². The molecule has 1 aromatic carbocycles. The van der Waals surface area contributed by atoms with Crippen LogP contribution < -0.4 is 10.1 Å². The Morgan fingerprint density at radius 1 is 1.39 bits per heavy atom. The number of nitrogens with one attached hydrogen (secondary N) is 1. The highest BCUT2D eigenvalue weighted by Gasteiger charge is 2.19. The second-order valence-electron chi connectivity index (χ2n) is 4.47. The molecule has 1 saturated carbocycles. The van der Waals surface area contributed by atoms with Crippen LogP contribution in [0.25, 0.3) is 11.1 Å². The highest BCUT2D eigenvalue weighted by molar-refractivity contribution is 5.82. The van der Waals surface area contributed by atoms with E-state index in [1.54, 1.807) is 18.2 Å². The molecule has 0 unspecified atom stereocenters. The number of amides is 1. The van der Waals surface area contributed by atoms with E-state index < -0.39 is 6.09 Å². The first kappa shape index (κ1) is 11.1. The lowest BCUT2D eigenvalue weighted by atomic mass is 10.3. The molecule has 5 heteroatoms. The fourth-order valence-corrected chi connectivity index (χ4v) is 2.31. The van der Waals surface area contributed by atoms with Gasteiger partial charge in [0, 0.05) is 6.04 Å². The SMILES string of the molecule is O=C(NC1CCCC1)Oc1cccc2ncoc12. The lowest BCUT2D eigenvalue weighted by molar-refractivity contribution is 0.196. The molecule has 2 aromatic rings. The van der Waals surface area contributed by atoms with Gasteiger partial charge in [-0.1, -0.05) is 18.9 Å². The molecular formula is C13H14N2O3. The van der Waals surface area contributed by atoms with Crippen LogP contribution in [0.2, 0.25) is 0 Å². The smallest absolute Gasteiger partial charge is 0.412 e. The number of hydrogen-bond acceptors (Lipinski definition) is 4. The summed E-state index contributed by atoms with van der Waals surface area (Å²) in [5.74, 6) is 0.403. The molecule has 18 heavy (non-hydrogen) atoms. The van der Waals surface area contributed by atoms with E-state index in [0.29, 0.717) is 16.8 Å². The van der Waals surface area contributed by atoms with E-state index in [1.807, 2.05) is 0 Å². The number of para-hydroxylation sites is 1. The Balaban J connectivity index is 1.71. The van der Waals surface area contributed by atoms with Gasteiger partial charge in [-0.15, -0.1) is 0 Å². The van der Waals surface area contributed by atoms with Crippen molar-refractivity contribution < 1.29 is 13.9 Å². The summed E-state index contributed by atoms with van der Waals surface area (Å²) in [5, 5.41) is 2.86. The maximum atomic E-state index is 11.7. The number of oxazole rings is 1. The largest absolute Gasteiger partial charge is 0.440 e. The molecule has 1 N–H and O–H groups in total. The highest BCUT2D eigenvalue weighted by atomic mass is 16.6. The monoisotopic (exact) mass is 246 g/mol. The number of nitrogens with zero attached hydrogens (tertiary/aromatic N) is 1. The summed E-state index contributed by atoms with van der Waals surface area (Å²) in [5.41, 5.74) is 1.18. The molecule has 1 aromatic heterocycles. The third-order valence-electron chi connectivity index (χ3n) is 3.20. The average Bonchev–Trinajstić information content (AvgIpc) is 2.99. The second-order valence-corrected chi connectivity index (χ2v) is 4.47. The van der Waals surface area contributed by atoms with Gasteiger partial charge in [0.2, 0.25) is 0 Å². The van der Waals surface area contributed by atoms with Crippen molar-refractivity contribution in [2.24, 2.45) is 0 Å². The summed E-state index contributed by atoms with van der Waals surface area (Å²) in [6.45, 7) is 0. The topological polar surface area (TPSA) is 64.4 Å². The van der Waals surface area contributed by atoms with Crippen molar-refractivity contribution in [1.82, 2.24) is 10.3 Å². The summed E-state index contributed by atoms with van der Waals surface area (Å²) in [7, 11) is 0. The number of carbonyl (C=O) groups is 1. The van der Waals surface area contributed by atoms with Gasteiger partial charge in [-0.05, 0) is 25.0 Å². The molecule has 0 atom stereocenters.